The molecule has 0 unspecified atom stereocenters. The minimum Gasteiger partial charge on any atom is -0.486 e. The first kappa shape index (κ1) is 10.5. The van der Waals surface area contributed by atoms with Crippen LogP contribution in [0.5, 0.6) is 5.75 Å². The van der Waals surface area contributed by atoms with Crippen LogP contribution in [0.4, 0.5) is 0 Å². The lowest BCUT2D eigenvalue weighted by Gasteiger charge is -2.41. The van der Waals surface area contributed by atoms with Gasteiger partial charge in [-0.3, -0.25) is 0 Å². The van der Waals surface area contributed by atoms with Crippen molar-refractivity contribution < 1.29 is 9.47 Å². The van der Waals surface area contributed by atoms with Crippen molar-refractivity contribution in [3.05, 3.63) is 30.3 Å². The molecule has 2 rings (SSSR count). The summed E-state index contributed by atoms with van der Waals surface area (Å²) in [6.45, 7) is 2.70. The van der Waals surface area contributed by atoms with Crippen LogP contribution in [0.1, 0.15) is 13.3 Å². The summed E-state index contributed by atoms with van der Waals surface area (Å²) >= 11 is 0. The van der Waals surface area contributed by atoms with E-state index in [9.17, 15) is 0 Å². The van der Waals surface area contributed by atoms with E-state index in [1.54, 1.807) is 0 Å². The fourth-order valence-corrected chi connectivity index (χ4v) is 1.81. The molecule has 1 aromatic carbocycles. The van der Waals surface area contributed by atoms with Crippen LogP contribution in [-0.2, 0) is 4.74 Å². The van der Waals surface area contributed by atoms with E-state index in [2.05, 4.69) is 0 Å². The van der Waals surface area contributed by atoms with Crippen molar-refractivity contribution in [1.29, 1.82) is 0 Å². The van der Waals surface area contributed by atoms with Gasteiger partial charge in [0.2, 0.25) is 0 Å². The molecule has 1 aromatic rings. The van der Waals surface area contributed by atoms with Gasteiger partial charge in [0.05, 0.1) is 6.10 Å². The maximum atomic E-state index is 5.89. The van der Waals surface area contributed by atoms with Crippen molar-refractivity contribution in [2.75, 3.05) is 6.61 Å². The van der Waals surface area contributed by atoms with E-state index in [0.29, 0.717) is 6.61 Å². The summed E-state index contributed by atoms with van der Waals surface area (Å²) in [7, 11) is 0. The average Bonchev–Trinajstić information content (AvgIpc) is 2.27. The molecule has 15 heavy (non-hydrogen) atoms. The van der Waals surface area contributed by atoms with Gasteiger partial charge in [0.25, 0.3) is 0 Å². The first-order chi connectivity index (χ1) is 7.31. The molecule has 0 heterocycles. The van der Waals surface area contributed by atoms with E-state index in [-0.39, 0.29) is 18.2 Å². The highest BCUT2D eigenvalue weighted by atomic mass is 16.5. The molecule has 0 aliphatic heterocycles. The molecular weight excluding hydrogens is 190 g/mol. The monoisotopic (exact) mass is 207 g/mol. The first-order valence-electron chi connectivity index (χ1n) is 5.40. The number of hydrogen-bond donors (Lipinski definition) is 1. The lowest BCUT2D eigenvalue weighted by Crippen LogP contribution is -2.59. The normalized spacial score (nSPS) is 29.6. The molecule has 0 saturated heterocycles. The van der Waals surface area contributed by atoms with Crippen molar-refractivity contribution in [2.24, 2.45) is 5.73 Å². The van der Waals surface area contributed by atoms with Gasteiger partial charge >= 0.3 is 0 Å². The summed E-state index contributed by atoms with van der Waals surface area (Å²) in [5, 5.41) is 0. The minimum atomic E-state index is 0.00681. The molecule has 0 spiro atoms. The van der Waals surface area contributed by atoms with E-state index >= 15 is 0 Å². The van der Waals surface area contributed by atoms with Gasteiger partial charge in [0.1, 0.15) is 11.9 Å². The highest BCUT2D eigenvalue weighted by Crippen LogP contribution is 2.27. The lowest BCUT2D eigenvalue weighted by molar-refractivity contribution is -0.0930. The Labute approximate surface area is 90.2 Å². The van der Waals surface area contributed by atoms with Crippen LogP contribution in [-0.4, -0.2) is 24.9 Å². The Bertz CT molecular complexity index is 300. The number of ether oxygens (including phenoxy) is 2. The zero-order valence-corrected chi connectivity index (χ0v) is 8.93. The summed E-state index contributed by atoms with van der Waals surface area (Å²) in [5.74, 6) is 0.863. The third-order valence-electron chi connectivity index (χ3n) is 2.69. The van der Waals surface area contributed by atoms with Gasteiger partial charge in [-0.1, -0.05) is 18.2 Å². The molecule has 3 heteroatoms. The quantitative estimate of drug-likeness (QED) is 0.815. The Morgan fingerprint density at radius 3 is 2.67 bits per heavy atom. The second-order valence-electron chi connectivity index (χ2n) is 3.79. The van der Waals surface area contributed by atoms with Crippen LogP contribution < -0.4 is 10.5 Å². The molecule has 1 aliphatic carbocycles. The number of benzene rings is 1. The zero-order valence-electron chi connectivity index (χ0n) is 8.93. The standard InChI is InChI=1S/C12H17NO2/c1-2-14-11-8-10(13)12(11)15-9-6-4-3-5-7-9/h3-7,10-12H,2,8,13H2,1H3/t10-,11+,12+/m1/s1. The van der Waals surface area contributed by atoms with Crippen LogP contribution >= 0.6 is 0 Å². The molecule has 1 saturated carbocycles. The summed E-state index contributed by atoms with van der Waals surface area (Å²) in [5.41, 5.74) is 5.89. The van der Waals surface area contributed by atoms with Crippen molar-refractivity contribution >= 4 is 0 Å². The molecule has 2 N–H and O–H groups in total. The zero-order chi connectivity index (χ0) is 10.7. The van der Waals surface area contributed by atoms with Crippen LogP contribution in [0.3, 0.4) is 0 Å². The Hall–Kier alpha value is -1.06. The van der Waals surface area contributed by atoms with Gasteiger partial charge in [-0.05, 0) is 25.5 Å². The van der Waals surface area contributed by atoms with Crippen LogP contribution in [0.15, 0.2) is 30.3 Å². The van der Waals surface area contributed by atoms with Gasteiger partial charge in [-0.2, -0.15) is 0 Å². The molecule has 0 bridgehead atoms. The first-order valence-corrected chi connectivity index (χ1v) is 5.40. The highest BCUT2D eigenvalue weighted by molar-refractivity contribution is 5.22. The third kappa shape index (κ3) is 2.30. The Kier molecular flexibility index (Phi) is 3.23. The molecule has 1 aliphatic rings. The number of rotatable bonds is 4. The molecule has 0 aromatic heterocycles. The van der Waals surface area contributed by atoms with Gasteiger partial charge in [-0.15, -0.1) is 0 Å². The molecular formula is C12H17NO2. The summed E-state index contributed by atoms with van der Waals surface area (Å²) in [6.07, 6.45) is 1.06. The predicted octanol–water partition coefficient (Wildman–Crippen LogP) is 1.57. The molecule has 3 nitrogen and oxygen atoms in total. The number of hydrogen-bond acceptors (Lipinski definition) is 3. The van der Waals surface area contributed by atoms with Crippen molar-refractivity contribution in [1.82, 2.24) is 0 Å². The molecule has 82 valence electrons. The van der Waals surface area contributed by atoms with Gasteiger partial charge in [0, 0.05) is 12.6 Å². The minimum absolute atomic E-state index is 0.00681. The van der Waals surface area contributed by atoms with Crippen molar-refractivity contribution in [3.8, 4) is 5.75 Å². The molecule has 0 amide bonds. The van der Waals surface area contributed by atoms with Crippen molar-refractivity contribution in [2.45, 2.75) is 31.6 Å². The van der Waals surface area contributed by atoms with Crippen LogP contribution in [0.25, 0.3) is 0 Å². The average molecular weight is 207 g/mol. The topological polar surface area (TPSA) is 44.5 Å². The van der Waals surface area contributed by atoms with Crippen LogP contribution in [0.2, 0.25) is 0 Å². The second-order valence-corrected chi connectivity index (χ2v) is 3.79. The molecule has 1 fully saturated rings. The van der Waals surface area contributed by atoms with Crippen molar-refractivity contribution in [3.63, 3.8) is 0 Å². The lowest BCUT2D eigenvalue weighted by atomic mass is 9.86. The summed E-state index contributed by atoms with van der Waals surface area (Å²) in [6, 6.07) is 9.85. The van der Waals surface area contributed by atoms with Gasteiger partial charge in [-0.25, -0.2) is 0 Å². The SMILES string of the molecule is CCO[C@H]1C[C@@H](N)[C@@H]1Oc1ccccc1. The summed E-state index contributed by atoms with van der Waals surface area (Å²) in [4.78, 5) is 0. The van der Waals surface area contributed by atoms with E-state index in [4.69, 9.17) is 15.2 Å². The fraction of sp³-hybridized carbons (Fsp3) is 0.500. The van der Waals surface area contributed by atoms with E-state index in [1.807, 2.05) is 37.3 Å². The van der Waals surface area contributed by atoms with Gasteiger partial charge in [0.15, 0.2) is 0 Å². The smallest absolute Gasteiger partial charge is 0.140 e. The maximum absolute atomic E-state index is 5.89. The fourth-order valence-electron chi connectivity index (χ4n) is 1.81. The second kappa shape index (κ2) is 4.64. The maximum Gasteiger partial charge on any atom is 0.140 e. The summed E-state index contributed by atoms with van der Waals surface area (Å²) < 4.78 is 11.3. The molecule has 0 radical (unpaired) electrons. The largest absolute Gasteiger partial charge is 0.486 e. The van der Waals surface area contributed by atoms with E-state index in [1.165, 1.54) is 0 Å². The Morgan fingerprint density at radius 2 is 2.07 bits per heavy atom. The number of nitrogens with two attached hydrogens (primary N) is 1. The van der Waals surface area contributed by atoms with E-state index < -0.39 is 0 Å². The molecule has 3 atom stereocenters. The van der Waals surface area contributed by atoms with Crippen LogP contribution in [0, 0.1) is 0 Å². The van der Waals surface area contributed by atoms with E-state index in [0.717, 1.165) is 12.2 Å². The van der Waals surface area contributed by atoms with Gasteiger partial charge < -0.3 is 15.2 Å². The third-order valence-corrected chi connectivity index (χ3v) is 2.69. The predicted molar refractivity (Wildman–Crippen MR) is 58.9 cm³/mol. The highest BCUT2D eigenvalue weighted by Gasteiger charge is 2.41. The Balaban J connectivity index is 1.93. The number of para-hydroxylation sites is 1. The Morgan fingerprint density at radius 1 is 1.33 bits per heavy atom.